The maximum atomic E-state index is 13.7. The van der Waals surface area contributed by atoms with Crippen LogP contribution >= 0.6 is 0 Å². The standard InChI is InChI=1S/C28H26F3NO6/c1-35-24-14-18-12-13-32(26(33)20-6-4-5-7-22(20)28(29,30)31)23(21(18)15-25(24)36-2)16-38-19-10-8-17(9-11-19)27(34)37-3/h4-11,14-15,23H,12-13,16H2,1-3H3. The zero-order valence-electron chi connectivity index (χ0n) is 21.0. The maximum Gasteiger partial charge on any atom is 0.417 e. The van der Waals surface area contributed by atoms with Gasteiger partial charge in [-0.05, 0) is 66.1 Å². The van der Waals surface area contributed by atoms with E-state index in [0.29, 0.717) is 34.8 Å². The molecule has 0 aliphatic carbocycles. The highest BCUT2D eigenvalue weighted by Crippen LogP contribution is 2.40. The van der Waals surface area contributed by atoms with Gasteiger partial charge in [-0.2, -0.15) is 13.2 Å². The summed E-state index contributed by atoms with van der Waals surface area (Å²) in [5.74, 6) is 0.0791. The van der Waals surface area contributed by atoms with Crippen LogP contribution in [0.15, 0.2) is 60.7 Å². The first-order chi connectivity index (χ1) is 18.2. The molecule has 1 amide bonds. The molecule has 3 aromatic rings. The van der Waals surface area contributed by atoms with Crippen molar-refractivity contribution in [1.29, 1.82) is 0 Å². The number of hydrogen-bond donors (Lipinski definition) is 0. The Morgan fingerprint density at radius 3 is 2.24 bits per heavy atom. The molecular formula is C28H26F3NO6. The SMILES string of the molecule is COC(=O)c1ccc(OCC2c3cc(OC)c(OC)cc3CCN2C(=O)c2ccccc2C(F)(F)F)cc1. The molecule has 0 saturated carbocycles. The fourth-order valence-corrected chi connectivity index (χ4v) is 4.50. The van der Waals surface area contributed by atoms with Crippen LogP contribution in [0.4, 0.5) is 13.2 Å². The molecule has 3 aromatic carbocycles. The molecule has 1 heterocycles. The van der Waals surface area contributed by atoms with E-state index in [-0.39, 0.29) is 13.2 Å². The summed E-state index contributed by atoms with van der Waals surface area (Å²) >= 11 is 0. The van der Waals surface area contributed by atoms with E-state index < -0.39 is 35.2 Å². The molecule has 0 spiro atoms. The number of hydrogen-bond acceptors (Lipinski definition) is 6. The zero-order valence-corrected chi connectivity index (χ0v) is 21.0. The molecule has 1 aliphatic heterocycles. The molecule has 0 saturated heterocycles. The Morgan fingerprint density at radius 1 is 0.947 bits per heavy atom. The third kappa shape index (κ3) is 5.39. The number of benzene rings is 3. The highest BCUT2D eigenvalue weighted by atomic mass is 19.4. The topological polar surface area (TPSA) is 74.3 Å². The number of alkyl halides is 3. The molecule has 0 N–H and O–H groups in total. The Hall–Kier alpha value is -4.21. The minimum atomic E-state index is -4.69. The Balaban J connectivity index is 1.71. The normalized spacial score (nSPS) is 14.9. The van der Waals surface area contributed by atoms with E-state index in [1.165, 1.54) is 56.6 Å². The van der Waals surface area contributed by atoms with Gasteiger partial charge in [0.15, 0.2) is 11.5 Å². The number of rotatable bonds is 7. The number of amides is 1. The van der Waals surface area contributed by atoms with Crippen LogP contribution in [0.25, 0.3) is 0 Å². The maximum absolute atomic E-state index is 13.7. The van der Waals surface area contributed by atoms with Crippen molar-refractivity contribution < 1.29 is 41.7 Å². The van der Waals surface area contributed by atoms with Gasteiger partial charge < -0.3 is 23.8 Å². The van der Waals surface area contributed by atoms with Gasteiger partial charge >= 0.3 is 12.1 Å². The molecule has 4 rings (SSSR count). The van der Waals surface area contributed by atoms with Crippen molar-refractivity contribution in [1.82, 2.24) is 4.90 Å². The summed E-state index contributed by atoms with van der Waals surface area (Å²) in [6, 6.07) is 13.8. The second-order valence-corrected chi connectivity index (χ2v) is 8.54. The van der Waals surface area contributed by atoms with Crippen molar-refractivity contribution in [3.63, 3.8) is 0 Å². The number of fused-ring (bicyclic) bond motifs is 1. The summed E-state index contributed by atoms with van der Waals surface area (Å²) < 4.78 is 62.7. The molecule has 1 unspecified atom stereocenters. The summed E-state index contributed by atoms with van der Waals surface area (Å²) in [7, 11) is 4.26. The van der Waals surface area contributed by atoms with Gasteiger partial charge in [0.25, 0.3) is 5.91 Å². The first-order valence-corrected chi connectivity index (χ1v) is 11.7. The number of carbonyl (C=O) groups excluding carboxylic acids is 2. The summed E-state index contributed by atoms with van der Waals surface area (Å²) in [4.78, 5) is 26.7. The highest BCUT2D eigenvalue weighted by Gasteiger charge is 2.39. The van der Waals surface area contributed by atoms with E-state index in [0.717, 1.165) is 11.6 Å². The van der Waals surface area contributed by atoms with E-state index in [2.05, 4.69) is 0 Å². The molecule has 0 radical (unpaired) electrons. The number of methoxy groups -OCH3 is 3. The van der Waals surface area contributed by atoms with Crippen LogP contribution in [0, 0.1) is 0 Å². The molecule has 0 aromatic heterocycles. The van der Waals surface area contributed by atoms with Crippen molar-refractivity contribution in [3.8, 4) is 17.2 Å². The van der Waals surface area contributed by atoms with E-state index >= 15 is 0 Å². The van der Waals surface area contributed by atoms with E-state index in [1.807, 2.05) is 0 Å². The van der Waals surface area contributed by atoms with Gasteiger partial charge in [-0.3, -0.25) is 4.79 Å². The molecular weight excluding hydrogens is 503 g/mol. The van der Waals surface area contributed by atoms with E-state index in [4.69, 9.17) is 18.9 Å². The van der Waals surface area contributed by atoms with Gasteiger partial charge in [-0.1, -0.05) is 12.1 Å². The third-order valence-electron chi connectivity index (χ3n) is 6.41. The van der Waals surface area contributed by atoms with Gasteiger partial charge in [0, 0.05) is 6.54 Å². The average Bonchev–Trinajstić information content (AvgIpc) is 2.94. The molecule has 38 heavy (non-hydrogen) atoms. The van der Waals surface area contributed by atoms with E-state index in [9.17, 15) is 22.8 Å². The van der Waals surface area contributed by atoms with Crippen LogP contribution < -0.4 is 14.2 Å². The Morgan fingerprint density at radius 2 is 1.61 bits per heavy atom. The minimum absolute atomic E-state index is 0.0556. The number of esters is 1. The first kappa shape index (κ1) is 26.8. The van der Waals surface area contributed by atoms with Crippen LogP contribution in [-0.2, 0) is 17.3 Å². The summed E-state index contributed by atoms with van der Waals surface area (Å²) in [5.41, 5.74) is 0.446. The Kier molecular flexibility index (Phi) is 7.80. The van der Waals surface area contributed by atoms with Crippen molar-refractivity contribution >= 4 is 11.9 Å². The zero-order chi connectivity index (χ0) is 27.4. The van der Waals surface area contributed by atoms with Gasteiger partial charge in [0.05, 0.1) is 44.1 Å². The molecule has 0 fully saturated rings. The monoisotopic (exact) mass is 529 g/mol. The van der Waals surface area contributed by atoms with Crippen LogP contribution in [-0.4, -0.2) is 51.3 Å². The fraction of sp³-hybridized carbons (Fsp3) is 0.286. The highest BCUT2D eigenvalue weighted by molar-refractivity contribution is 5.96. The number of carbonyl (C=O) groups is 2. The molecule has 0 bridgehead atoms. The van der Waals surface area contributed by atoms with E-state index in [1.54, 1.807) is 24.3 Å². The van der Waals surface area contributed by atoms with Crippen molar-refractivity contribution in [2.24, 2.45) is 0 Å². The van der Waals surface area contributed by atoms with Gasteiger partial charge in [-0.15, -0.1) is 0 Å². The quantitative estimate of drug-likeness (QED) is 0.386. The molecule has 7 nitrogen and oxygen atoms in total. The van der Waals surface area contributed by atoms with Crippen molar-refractivity contribution in [3.05, 3.63) is 88.5 Å². The molecule has 1 aliphatic rings. The second-order valence-electron chi connectivity index (χ2n) is 8.54. The third-order valence-corrected chi connectivity index (χ3v) is 6.41. The van der Waals surface area contributed by atoms with Crippen LogP contribution in [0.1, 0.15) is 43.4 Å². The lowest BCUT2D eigenvalue weighted by Crippen LogP contribution is -2.43. The summed E-state index contributed by atoms with van der Waals surface area (Å²) in [5, 5.41) is 0. The smallest absolute Gasteiger partial charge is 0.417 e. The summed E-state index contributed by atoms with van der Waals surface area (Å²) in [6.07, 6.45) is -4.29. The largest absolute Gasteiger partial charge is 0.493 e. The fourth-order valence-electron chi connectivity index (χ4n) is 4.50. The van der Waals surface area contributed by atoms with Crippen LogP contribution in [0.5, 0.6) is 17.2 Å². The minimum Gasteiger partial charge on any atom is -0.493 e. The van der Waals surface area contributed by atoms with Crippen LogP contribution in [0.2, 0.25) is 0 Å². The summed E-state index contributed by atoms with van der Waals surface area (Å²) in [6.45, 7) is 0.114. The number of nitrogens with zero attached hydrogens (tertiary/aromatic N) is 1. The van der Waals surface area contributed by atoms with Crippen LogP contribution in [0.3, 0.4) is 0 Å². The first-order valence-electron chi connectivity index (χ1n) is 11.7. The molecule has 1 atom stereocenters. The lowest BCUT2D eigenvalue weighted by atomic mass is 9.91. The van der Waals surface area contributed by atoms with Gasteiger partial charge in [-0.25, -0.2) is 4.79 Å². The van der Waals surface area contributed by atoms with Crippen molar-refractivity contribution in [2.75, 3.05) is 34.5 Å². The molecule has 10 heteroatoms. The van der Waals surface area contributed by atoms with Gasteiger partial charge in [0.2, 0.25) is 0 Å². The number of ether oxygens (including phenoxy) is 4. The van der Waals surface area contributed by atoms with Gasteiger partial charge in [0.1, 0.15) is 12.4 Å². The Labute approximate surface area is 217 Å². The van der Waals surface area contributed by atoms with Crippen molar-refractivity contribution in [2.45, 2.75) is 18.6 Å². The Bertz CT molecular complexity index is 1320. The average molecular weight is 530 g/mol. The molecule has 200 valence electrons. The predicted octanol–water partition coefficient (Wildman–Crippen LogP) is 5.33. The second kappa shape index (κ2) is 11.0. The lowest BCUT2D eigenvalue weighted by molar-refractivity contribution is -0.138. The lowest BCUT2D eigenvalue weighted by Gasteiger charge is -2.38. The predicted molar refractivity (Wildman–Crippen MR) is 132 cm³/mol. The number of halogens is 3.